The molecule has 0 N–H and O–H groups in total. The molecule has 1 saturated carbocycles. The number of aliphatic imine (C=N–C) groups is 1. The van der Waals surface area contributed by atoms with Crippen molar-refractivity contribution in [1.82, 2.24) is 4.90 Å². The second kappa shape index (κ2) is 9.39. The Hall–Kier alpha value is -2.73. The number of hydrogen-bond acceptors (Lipinski definition) is 5. The highest BCUT2D eigenvalue weighted by Crippen LogP contribution is 2.38. The fourth-order valence-corrected chi connectivity index (χ4v) is 4.90. The molecule has 1 aliphatic heterocycles. The van der Waals surface area contributed by atoms with Crippen molar-refractivity contribution in [2.75, 3.05) is 14.2 Å². The molecule has 0 bridgehead atoms. The summed E-state index contributed by atoms with van der Waals surface area (Å²) in [6, 6.07) is 15.6. The van der Waals surface area contributed by atoms with Gasteiger partial charge < -0.3 is 9.47 Å². The van der Waals surface area contributed by atoms with Crippen LogP contribution < -0.4 is 9.47 Å². The summed E-state index contributed by atoms with van der Waals surface area (Å²) in [5, 5.41) is 0.761. The van der Waals surface area contributed by atoms with Gasteiger partial charge >= 0.3 is 0 Å². The molecular weight excluding hydrogens is 396 g/mol. The molecule has 30 heavy (non-hydrogen) atoms. The molecule has 6 heteroatoms. The minimum atomic E-state index is 0.0509. The van der Waals surface area contributed by atoms with E-state index >= 15 is 0 Å². The molecule has 2 aromatic carbocycles. The maximum atomic E-state index is 13.3. The third kappa shape index (κ3) is 4.54. The van der Waals surface area contributed by atoms with Crippen LogP contribution in [0, 0.1) is 0 Å². The average Bonchev–Trinajstić information content (AvgIpc) is 3.10. The second-order valence-corrected chi connectivity index (χ2v) is 8.45. The predicted octanol–water partition coefficient (Wildman–Crippen LogP) is 5.64. The second-order valence-electron chi connectivity index (χ2n) is 7.44. The van der Waals surface area contributed by atoms with Crippen LogP contribution in [-0.2, 0) is 4.79 Å². The topological polar surface area (TPSA) is 51.1 Å². The van der Waals surface area contributed by atoms with Crippen molar-refractivity contribution in [3.63, 3.8) is 0 Å². The van der Waals surface area contributed by atoms with Crippen molar-refractivity contribution in [2.45, 2.75) is 38.1 Å². The standard InChI is InChI=1S/C24H26N2O3S/c1-28-20-12-8-17(9-13-20)16-22-23(27)26(19-6-4-3-5-7-19)24(30-22)25-18-10-14-21(29-2)15-11-18/h8-16,19H,3-7H2,1-2H3/b22-16-,25-24?. The quantitative estimate of drug-likeness (QED) is 0.585. The number of benzene rings is 2. The number of ether oxygens (including phenoxy) is 2. The number of thioether (sulfide) groups is 1. The summed E-state index contributed by atoms with van der Waals surface area (Å²) in [6.45, 7) is 0. The Morgan fingerprint density at radius 1 is 0.933 bits per heavy atom. The summed E-state index contributed by atoms with van der Waals surface area (Å²) >= 11 is 1.46. The molecule has 2 aliphatic rings. The van der Waals surface area contributed by atoms with E-state index in [-0.39, 0.29) is 11.9 Å². The van der Waals surface area contributed by atoms with E-state index in [9.17, 15) is 4.79 Å². The Bertz CT molecular complexity index is 945. The zero-order chi connectivity index (χ0) is 20.9. The number of amidine groups is 1. The predicted molar refractivity (Wildman–Crippen MR) is 122 cm³/mol. The van der Waals surface area contributed by atoms with Gasteiger partial charge in [-0.2, -0.15) is 0 Å². The van der Waals surface area contributed by atoms with Crippen molar-refractivity contribution in [1.29, 1.82) is 0 Å². The zero-order valence-corrected chi connectivity index (χ0v) is 18.2. The van der Waals surface area contributed by atoms with Gasteiger partial charge in [-0.05, 0) is 72.6 Å². The van der Waals surface area contributed by atoms with Gasteiger partial charge in [-0.3, -0.25) is 9.69 Å². The van der Waals surface area contributed by atoms with Crippen LogP contribution >= 0.6 is 11.8 Å². The monoisotopic (exact) mass is 422 g/mol. The van der Waals surface area contributed by atoms with Gasteiger partial charge in [0.1, 0.15) is 11.5 Å². The van der Waals surface area contributed by atoms with E-state index in [4.69, 9.17) is 14.5 Å². The van der Waals surface area contributed by atoms with Gasteiger partial charge in [0.25, 0.3) is 5.91 Å². The first-order chi connectivity index (χ1) is 14.7. The van der Waals surface area contributed by atoms with E-state index in [1.807, 2.05) is 59.5 Å². The van der Waals surface area contributed by atoms with Crippen LogP contribution in [0.5, 0.6) is 11.5 Å². The molecule has 1 heterocycles. The summed E-state index contributed by atoms with van der Waals surface area (Å²) in [5.41, 5.74) is 1.79. The third-order valence-electron chi connectivity index (χ3n) is 5.49. The average molecular weight is 423 g/mol. The number of carbonyl (C=O) groups excluding carboxylic acids is 1. The van der Waals surface area contributed by atoms with Gasteiger partial charge in [0.15, 0.2) is 5.17 Å². The Labute approximate surface area is 181 Å². The molecule has 2 fully saturated rings. The minimum absolute atomic E-state index is 0.0509. The first kappa shape index (κ1) is 20.5. The van der Waals surface area contributed by atoms with E-state index in [0.29, 0.717) is 4.91 Å². The lowest BCUT2D eigenvalue weighted by Crippen LogP contribution is -2.40. The molecule has 0 atom stereocenters. The van der Waals surface area contributed by atoms with Gasteiger partial charge in [-0.15, -0.1) is 0 Å². The molecule has 0 spiro atoms. The highest BCUT2D eigenvalue weighted by atomic mass is 32.2. The highest BCUT2D eigenvalue weighted by Gasteiger charge is 2.38. The van der Waals surface area contributed by atoms with Crippen LogP contribution in [0.4, 0.5) is 5.69 Å². The summed E-state index contributed by atoms with van der Waals surface area (Å²) in [7, 11) is 3.29. The van der Waals surface area contributed by atoms with Crippen LogP contribution in [0.25, 0.3) is 6.08 Å². The summed E-state index contributed by atoms with van der Waals surface area (Å²) in [6.07, 6.45) is 7.57. The van der Waals surface area contributed by atoms with Crippen LogP contribution in [0.1, 0.15) is 37.7 Å². The Kier molecular flexibility index (Phi) is 6.43. The number of rotatable bonds is 5. The number of amides is 1. The Balaban J connectivity index is 1.65. The Morgan fingerprint density at radius 2 is 1.53 bits per heavy atom. The van der Waals surface area contributed by atoms with Gasteiger partial charge in [0.2, 0.25) is 0 Å². The fourth-order valence-electron chi connectivity index (χ4n) is 3.84. The van der Waals surface area contributed by atoms with Crippen molar-refractivity contribution >= 4 is 34.6 Å². The lowest BCUT2D eigenvalue weighted by atomic mass is 9.94. The smallest absolute Gasteiger partial charge is 0.267 e. The molecule has 156 valence electrons. The molecule has 1 amide bonds. The molecule has 1 aliphatic carbocycles. The molecule has 0 unspecified atom stereocenters. The van der Waals surface area contributed by atoms with E-state index in [1.165, 1.54) is 18.2 Å². The summed E-state index contributed by atoms with van der Waals surface area (Å²) in [5.74, 6) is 1.64. The van der Waals surface area contributed by atoms with Gasteiger partial charge in [0.05, 0.1) is 24.8 Å². The minimum Gasteiger partial charge on any atom is -0.497 e. The van der Waals surface area contributed by atoms with E-state index in [2.05, 4.69) is 0 Å². The van der Waals surface area contributed by atoms with Crippen molar-refractivity contribution < 1.29 is 14.3 Å². The maximum Gasteiger partial charge on any atom is 0.267 e. The first-order valence-electron chi connectivity index (χ1n) is 10.3. The molecule has 2 aromatic rings. The van der Waals surface area contributed by atoms with E-state index in [0.717, 1.165) is 53.6 Å². The van der Waals surface area contributed by atoms with Crippen LogP contribution in [0.3, 0.4) is 0 Å². The fraction of sp³-hybridized carbons (Fsp3) is 0.333. The molecule has 0 aromatic heterocycles. The Morgan fingerprint density at radius 3 is 2.13 bits per heavy atom. The van der Waals surface area contributed by atoms with E-state index in [1.54, 1.807) is 14.2 Å². The number of methoxy groups -OCH3 is 2. The molecule has 4 rings (SSSR count). The third-order valence-corrected chi connectivity index (χ3v) is 6.47. The van der Waals surface area contributed by atoms with Crippen molar-refractivity contribution in [2.24, 2.45) is 4.99 Å². The molecule has 1 saturated heterocycles. The first-order valence-corrected chi connectivity index (χ1v) is 11.1. The van der Waals surface area contributed by atoms with Crippen molar-refractivity contribution in [3.05, 3.63) is 59.0 Å². The SMILES string of the molecule is COc1ccc(/C=C2\SC(=Nc3ccc(OC)cc3)N(C3CCCCC3)C2=O)cc1. The number of nitrogens with zero attached hydrogens (tertiary/aromatic N) is 2. The van der Waals surface area contributed by atoms with Gasteiger partial charge in [0, 0.05) is 6.04 Å². The van der Waals surface area contributed by atoms with Crippen LogP contribution in [0.15, 0.2) is 58.4 Å². The summed E-state index contributed by atoms with van der Waals surface area (Å²) < 4.78 is 10.5. The van der Waals surface area contributed by atoms with E-state index < -0.39 is 0 Å². The van der Waals surface area contributed by atoms with Crippen LogP contribution in [0.2, 0.25) is 0 Å². The summed E-state index contributed by atoms with van der Waals surface area (Å²) in [4.78, 5) is 20.8. The zero-order valence-electron chi connectivity index (χ0n) is 17.3. The molecular formula is C24H26N2O3S. The lowest BCUT2D eigenvalue weighted by molar-refractivity contribution is -0.124. The largest absolute Gasteiger partial charge is 0.497 e. The van der Waals surface area contributed by atoms with Crippen molar-refractivity contribution in [3.8, 4) is 11.5 Å². The normalized spacial score (nSPS) is 20.2. The lowest BCUT2D eigenvalue weighted by Gasteiger charge is -2.30. The van der Waals surface area contributed by atoms with Gasteiger partial charge in [-0.1, -0.05) is 31.4 Å². The number of carbonyl (C=O) groups is 1. The number of hydrogen-bond donors (Lipinski definition) is 0. The maximum absolute atomic E-state index is 13.3. The van der Waals surface area contributed by atoms with Crippen LogP contribution in [-0.4, -0.2) is 36.2 Å². The molecule has 5 nitrogen and oxygen atoms in total. The highest BCUT2D eigenvalue weighted by molar-refractivity contribution is 8.18. The molecule has 0 radical (unpaired) electrons. The van der Waals surface area contributed by atoms with Gasteiger partial charge in [-0.25, -0.2) is 4.99 Å².